The van der Waals surface area contributed by atoms with E-state index in [0.29, 0.717) is 0 Å². The van der Waals surface area contributed by atoms with Crippen LogP contribution in [0.2, 0.25) is 0 Å². The van der Waals surface area contributed by atoms with Crippen LogP contribution in [0.4, 0.5) is 0 Å². The number of oxime groups is 1. The van der Waals surface area contributed by atoms with Crippen molar-refractivity contribution in [3.63, 3.8) is 0 Å². The van der Waals surface area contributed by atoms with E-state index in [1.165, 1.54) is 21.5 Å². The predicted octanol–water partition coefficient (Wildman–Crippen LogP) is 2.37. The van der Waals surface area contributed by atoms with E-state index in [4.69, 9.17) is 5.21 Å². The molecule has 2 nitrogen and oxygen atoms in total. The monoisotopic (exact) mass is 169 g/mol. The molecule has 1 aromatic heterocycles. The highest BCUT2D eigenvalue weighted by molar-refractivity contribution is 7.12. The van der Waals surface area contributed by atoms with Crippen LogP contribution in [0.1, 0.15) is 15.3 Å². The molecule has 0 aliphatic rings. The maximum absolute atomic E-state index is 8.18. The third-order valence-corrected chi connectivity index (χ3v) is 2.77. The Kier molecular flexibility index (Phi) is 2.65. The SMILES string of the molecule is Cc1cc(CC=NO)sc1C. The standard InChI is InChI=1S/C8H11NOS/c1-6-5-8(3-4-9-10)11-7(6)2/h4-5,10H,3H2,1-2H3. The molecule has 1 heterocycles. The maximum Gasteiger partial charge on any atom is 0.0487 e. The second-order valence-electron chi connectivity index (χ2n) is 2.45. The molecule has 0 fully saturated rings. The van der Waals surface area contributed by atoms with Crippen molar-refractivity contribution in [2.75, 3.05) is 0 Å². The van der Waals surface area contributed by atoms with Gasteiger partial charge >= 0.3 is 0 Å². The molecule has 0 unspecified atom stereocenters. The highest BCUT2D eigenvalue weighted by Crippen LogP contribution is 2.20. The summed E-state index contributed by atoms with van der Waals surface area (Å²) in [6.45, 7) is 4.19. The van der Waals surface area contributed by atoms with Crippen LogP contribution in [0.15, 0.2) is 11.2 Å². The van der Waals surface area contributed by atoms with E-state index in [9.17, 15) is 0 Å². The van der Waals surface area contributed by atoms with Crippen LogP contribution in [0.25, 0.3) is 0 Å². The molecule has 60 valence electrons. The Labute approximate surface area is 70.2 Å². The zero-order chi connectivity index (χ0) is 8.27. The van der Waals surface area contributed by atoms with Gasteiger partial charge in [-0.2, -0.15) is 0 Å². The minimum atomic E-state index is 0.732. The molecule has 0 aliphatic carbocycles. The van der Waals surface area contributed by atoms with E-state index in [0.717, 1.165) is 6.42 Å². The molecule has 1 rings (SSSR count). The smallest absolute Gasteiger partial charge is 0.0487 e. The molecule has 0 spiro atoms. The molecular weight excluding hydrogens is 158 g/mol. The lowest BCUT2D eigenvalue weighted by Gasteiger charge is -1.83. The van der Waals surface area contributed by atoms with Crippen molar-refractivity contribution >= 4 is 17.6 Å². The molecule has 0 saturated heterocycles. The number of aryl methyl sites for hydroxylation is 2. The van der Waals surface area contributed by atoms with Crippen LogP contribution < -0.4 is 0 Å². The maximum atomic E-state index is 8.18. The lowest BCUT2D eigenvalue weighted by atomic mass is 10.2. The van der Waals surface area contributed by atoms with Crippen molar-refractivity contribution in [3.8, 4) is 0 Å². The van der Waals surface area contributed by atoms with E-state index in [1.54, 1.807) is 11.3 Å². The van der Waals surface area contributed by atoms with E-state index in [2.05, 4.69) is 25.1 Å². The first-order chi connectivity index (χ1) is 5.24. The summed E-state index contributed by atoms with van der Waals surface area (Å²) in [5.41, 5.74) is 1.32. The molecule has 11 heavy (non-hydrogen) atoms. The lowest BCUT2D eigenvalue weighted by molar-refractivity contribution is 0.321. The molecule has 0 aromatic carbocycles. The summed E-state index contributed by atoms with van der Waals surface area (Å²) in [6.07, 6.45) is 2.24. The van der Waals surface area contributed by atoms with Crippen LogP contribution in [-0.2, 0) is 6.42 Å². The third kappa shape index (κ3) is 2.05. The molecule has 1 N–H and O–H groups in total. The van der Waals surface area contributed by atoms with Crippen molar-refractivity contribution in [3.05, 3.63) is 21.4 Å². The average molecular weight is 169 g/mol. The van der Waals surface area contributed by atoms with Crippen molar-refractivity contribution in [2.24, 2.45) is 5.16 Å². The van der Waals surface area contributed by atoms with Gasteiger partial charge in [0.1, 0.15) is 0 Å². The van der Waals surface area contributed by atoms with E-state index in [-0.39, 0.29) is 0 Å². The number of hydrogen-bond acceptors (Lipinski definition) is 3. The summed E-state index contributed by atoms with van der Waals surface area (Å²) >= 11 is 1.75. The molecule has 0 amide bonds. The van der Waals surface area contributed by atoms with Gasteiger partial charge in [-0.05, 0) is 25.5 Å². The molecule has 0 atom stereocenters. The Morgan fingerprint density at radius 2 is 2.36 bits per heavy atom. The highest BCUT2D eigenvalue weighted by atomic mass is 32.1. The Morgan fingerprint density at radius 1 is 1.64 bits per heavy atom. The number of nitrogens with zero attached hydrogens (tertiary/aromatic N) is 1. The van der Waals surface area contributed by atoms with Gasteiger partial charge in [-0.15, -0.1) is 16.5 Å². The topological polar surface area (TPSA) is 32.6 Å². The van der Waals surface area contributed by atoms with Crippen molar-refractivity contribution in [2.45, 2.75) is 20.3 Å². The van der Waals surface area contributed by atoms with E-state index >= 15 is 0 Å². The van der Waals surface area contributed by atoms with Gasteiger partial charge in [-0.1, -0.05) is 0 Å². The summed E-state index contributed by atoms with van der Waals surface area (Å²) in [5, 5.41) is 11.1. The summed E-state index contributed by atoms with van der Waals surface area (Å²) in [5.74, 6) is 0. The zero-order valence-electron chi connectivity index (χ0n) is 6.66. The minimum Gasteiger partial charge on any atom is -0.411 e. The highest BCUT2D eigenvalue weighted by Gasteiger charge is 1.98. The normalized spacial score (nSPS) is 11.1. The first kappa shape index (κ1) is 8.27. The summed E-state index contributed by atoms with van der Waals surface area (Å²) in [6, 6.07) is 2.13. The van der Waals surface area contributed by atoms with E-state index < -0.39 is 0 Å². The molecule has 0 aliphatic heterocycles. The quantitative estimate of drug-likeness (QED) is 0.411. The number of hydrogen-bond donors (Lipinski definition) is 1. The van der Waals surface area contributed by atoms with Crippen LogP contribution >= 0.6 is 11.3 Å². The Bertz CT molecular complexity index is 246. The summed E-state index contributed by atoms with van der Waals surface area (Å²) in [7, 11) is 0. The fraction of sp³-hybridized carbons (Fsp3) is 0.375. The second-order valence-corrected chi connectivity index (χ2v) is 3.79. The van der Waals surface area contributed by atoms with Crippen LogP contribution in [-0.4, -0.2) is 11.4 Å². The Balaban J connectivity index is 2.72. The largest absolute Gasteiger partial charge is 0.411 e. The van der Waals surface area contributed by atoms with Gasteiger partial charge < -0.3 is 5.21 Å². The molecule has 0 radical (unpaired) electrons. The van der Waals surface area contributed by atoms with Crippen LogP contribution in [0, 0.1) is 13.8 Å². The van der Waals surface area contributed by atoms with Gasteiger partial charge in [0.2, 0.25) is 0 Å². The Morgan fingerprint density at radius 3 is 2.82 bits per heavy atom. The molecule has 0 saturated carbocycles. The van der Waals surface area contributed by atoms with Crippen LogP contribution in [0.5, 0.6) is 0 Å². The van der Waals surface area contributed by atoms with Gasteiger partial charge in [-0.3, -0.25) is 0 Å². The third-order valence-electron chi connectivity index (χ3n) is 1.59. The van der Waals surface area contributed by atoms with Crippen LogP contribution in [0.3, 0.4) is 0 Å². The molecule has 1 aromatic rings. The molecule has 3 heteroatoms. The number of rotatable bonds is 2. The molecular formula is C8H11NOS. The van der Waals surface area contributed by atoms with Gasteiger partial charge in [0.15, 0.2) is 0 Å². The fourth-order valence-corrected chi connectivity index (χ4v) is 1.89. The zero-order valence-corrected chi connectivity index (χ0v) is 7.48. The van der Waals surface area contributed by atoms with Gasteiger partial charge in [0.05, 0.1) is 0 Å². The first-order valence-electron chi connectivity index (χ1n) is 3.46. The van der Waals surface area contributed by atoms with Crippen molar-refractivity contribution in [1.29, 1.82) is 0 Å². The van der Waals surface area contributed by atoms with Gasteiger partial charge in [0, 0.05) is 22.4 Å². The second kappa shape index (κ2) is 3.53. The minimum absolute atomic E-state index is 0.732. The fourth-order valence-electron chi connectivity index (χ4n) is 0.881. The predicted molar refractivity (Wildman–Crippen MR) is 47.8 cm³/mol. The molecule has 0 bridgehead atoms. The van der Waals surface area contributed by atoms with Crippen molar-refractivity contribution < 1.29 is 5.21 Å². The summed E-state index contributed by atoms with van der Waals surface area (Å²) < 4.78 is 0. The lowest BCUT2D eigenvalue weighted by Crippen LogP contribution is -1.78. The summed E-state index contributed by atoms with van der Waals surface area (Å²) in [4.78, 5) is 2.59. The van der Waals surface area contributed by atoms with Gasteiger partial charge in [-0.25, -0.2) is 0 Å². The first-order valence-corrected chi connectivity index (χ1v) is 4.27. The average Bonchev–Trinajstić information content (AvgIpc) is 2.28. The Hall–Kier alpha value is -0.830. The van der Waals surface area contributed by atoms with Gasteiger partial charge in [0.25, 0.3) is 0 Å². The van der Waals surface area contributed by atoms with E-state index in [1.807, 2.05) is 0 Å². The number of thiophene rings is 1. The van der Waals surface area contributed by atoms with Crippen molar-refractivity contribution in [1.82, 2.24) is 0 Å².